The van der Waals surface area contributed by atoms with Crippen LogP contribution in [-0.2, 0) is 27.5 Å². The van der Waals surface area contributed by atoms with Gasteiger partial charge in [-0.3, -0.25) is 9.69 Å². The van der Waals surface area contributed by atoms with Crippen molar-refractivity contribution in [3.05, 3.63) is 58.7 Å². The van der Waals surface area contributed by atoms with Gasteiger partial charge in [-0.15, -0.1) is 0 Å². The topological polar surface area (TPSA) is 140 Å². The molecule has 0 saturated heterocycles. The molecule has 12 heteroatoms. The highest BCUT2D eigenvalue weighted by Crippen LogP contribution is 2.33. The van der Waals surface area contributed by atoms with Gasteiger partial charge in [0.15, 0.2) is 15.7 Å². The second-order valence-corrected chi connectivity index (χ2v) is 10.9. The van der Waals surface area contributed by atoms with Gasteiger partial charge in [-0.1, -0.05) is 23.7 Å². The van der Waals surface area contributed by atoms with Gasteiger partial charge in [0.05, 0.1) is 36.1 Å². The number of nitrogens with two attached hydrogens (primary N) is 1. The first-order valence-electron chi connectivity index (χ1n) is 11.2. The fourth-order valence-corrected chi connectivity index (χ4v) is 5.09. The van der Waals surface area contributed by atoms with Crippen molar-refractivity contribution < 1.29 is 17.9 Å². The minimum Gasteiger partial charge on any atom is -0.495 e. The Labute approximate surface area is 214 Å². The fraction of sp³-hybridized carbons (Fsp3) is 0.292. The summed E-state index contributed by atoms with van der Waals surface area (Å²) in [5, 5.41) is 6.42. The quantitative estimate of drug-likeness (QED) is 0.401. The zero-order valence-corrected chi connectivity index (χ0v) is 21.5. The number of para-hydroxylation sites is 1. The number of rotatable bonds is 8. The standard InChI is InChI=1S/C24H27ClN6O4S/c1-35-20-12-16-8-10-31(14-22(26)32)9-7-15(16)11-19(20)29-24-27-13-17(25)23(30-24)28-18-5-3-4-6-21(18)36(2,33)34/h3-6,11-13H,7-10,14H2,1-2H3,(H2,26,32)(H2,27,28,29,30). The number of hydrogen-bond acceptors (Lipinski definition) is 9. The Kier molecular flexibility index (Phi) is 7.62. The van der Waals surface area contributed by atoms with Crippen LogP contribution in [0.3, 0.4) is 0 Å². The molecule has 0 fully saturated rings. The maximum Gasteiger partial charge on any atom is 0.231 e. The highest BCUT2D eigenvalue weighted by Gasteiger charge is 2.19. The van der Waals surface area contributed by atoms with Crippen molar-refractivity contribution in [1.29, 1.82) is 0 Å². The number of sulfone groups is 1. The lowest BCUT2D eigenvalue weighted by molar-refractivity contribution is -0.119. The number of aromatic nitrogens is 2. The predicted molar refractivity (Wildman–Crippen MR) is 139 cm³/mol. The Morgan fingerprint density at radius 3 is 2.50 bits per heavy atom. The number of hydrogen-bond donors (Lipinski definition) is 3. The monoisotopic (exact) mass is 530 g/mol. The summed E-state index contributed by atoms with van der Waals surface area (Å²) in [6, 6.07) is 10.5. The molecule has 10 nitrogen and oxygen atoms in total. The van der Waals surface area contributed by atoms with Gasteiger partial charge < -0.3 is 21.1 Å². The average molecular weight is 531 g/mol. The van der Waals surface area contributed by atoms with Crippen molar-refractivity contribution in [2.24, 2.45) is 5.73 Å². The van der Waals surface area contributed by atoms with Gasteiger partial charge in [0.2, 0.25) is 11.9 Å². The highest BCUT2D eigenvalue weighted by molar-refractivity contribution is 7.90. The van der Waals surface area contributed by atoms with E-state index in [2.05, 4.69) is 20.6 Å². The molecular formula is C24H27ClN6O4S. The van der Waals surface area contributed by atoms with Crippen LogP contribution < -0.4 is 21.1 Å². The highest BCUT2D eigenvalue weighted by atomic mass is 35.5. The van der Waals surface area contributed by atoms with Crippen LogP contribution in [0, 0.1) is 0 Å². The number of anilines is 4. The maximum atomic E-state index is 12.2. The van der Waals surface area contributed by atoms with E-state index in [0.29, 0.717) is 23.7 Å². The van der Waals surface area contributed by atoms with Crippen LogP contribution in [0.15, 0.2) is 47.5 Å². The fourth-order valence-electron chi connectivity index (χ4n) is 4.10. The van der Waals surface area contributed by atoms with Crippen molar-refractivity contribution in [3.63, 3.8) is 0 Å². The Balaban J connectivity index is 1.60. The van der Waals surface area contributed by atoms with E-state index in [-0.39, 0.29) is 34.1 Å². The third kappa shape index (κ3) is 6.04. The molecule has 1 aliphatic heterocycles. The summed E-state index contributed by atoms with van der Waals surface area (Å²) in [6.07, 6.45) is 4.09. The zero-order chi connectivity index (χ0) is 25.9. The minimum atomic E-state index is -3.47. The summed E-state index contributed by atoms with van der Waals surface area (Å²) >= 11 is 6.31. The Morgan fingerprint density at radius 1 is 1.14 bits per heavy atom. The van der Waals surface area contributed by atoms with E-state index < -0.39 is 9.84 Å². The Morgan fingerprint density at radius 2 is 1.83 bits per heavy atom. The molecule has 2 aromatic carbocycles. The molecule has 0 unspecified atom stereocenters. The molecule has 190 valence electrons. The number of carbonyl (C=O) groups is 1. The second-order valence-electron chi connectivity index (χ2n) is 8.47. The molecule has 0 atom stereocenters. The van der Waals surface area contributed by atoms with Gasteiger partial charge in [-0.05, 0) is 48.2 Å². The summed E-state index contributed by atoms with van der Waals surface area (Å²) in [4.78, 5) is 22.2. The predicted octanol–water partition coefficient (Wildman–Crippen LogP) is 2.92. The van der Waals surface area contributed by atoms with Crippen molar-refractivity contribution in [2.45, 2.75) is 17.7 Å². The number of benzene rings is 2. The van der Waals surface area contributed by atoms with E-state index in [4.69, 9.17) is 22.1 Å². The molecule has 1 amide bonds. The lowest BCUT2D eigenvalue weighted by atomic mass is 10.0. The van der Waals surface area contributed by atoms with E-state index in [9.17, 15) is 13.2 Å². The smallest absolute Gasteiger partial charge is 0.231 e. The third-order valence-corrected chi connectivity index (χ3v) is 7.26. The van der Waals surface area contributed by atoms with Gasteiger partial charge in [0, 0.05) is 19.3 Å². The molecule has 0 saturated carbocycles. The van der Waals surface area contributed by atoms with Gasteiger partial charge in [-0.25, -0.2) is 13.4 Å². The largest absolute Gasteiger partial charge is 0.495 e. The second kappa shape index (κ2) is 10.7. The Bertz CT molecular complexity index is 1400. The number of fused-ring (bicyclic) bond motifs is 1. The lowest BCUT2D eigenvalue weighted by Gasteiger charge is -2.16. The molecule has 3 aromatic rings. The summed E-state index contributed by atoms with van der Waals surface area (Å²) in [5.41, 5.74) is 8.66. The molecule has 0 aliphatic carbocycles. The molecule has 0 bridgehead atoms. The first-order valence-corrected chi connectivity index (χ1v) is 13.5. The molecule has 4 N–H and O–H groups in total. The molecule has 0 spiro atoms. The summed E-state index contributed by atoms with van der Waals surface area (Å²) in [7, 11) is -1.88. The van der Waals surface area contributed by atoms with E-state index in [1.54, 1.807) is 25.3 Å². The molecule has 1 aliphatic rings. The minimum absolute atomic E-state index is 0.131. The number of nitrogens with one attached hydrogen (secondary N) is 2. The number of amides is 1. The number of ether oxygens (including phenoxy) is 1. The van der Waals surface area contributed by atoms with Crippen molar-refractivity contribution in [3.8, 4) is 5.75 Å². The van der Waals surface area contributed by atoms with E-state index >= 15 is 0 Å². The lowest BCUT2D eigenvalue weighted by Crippen LogP contribution is -2.35. The first kappa shape index (κ1) is 25.7. The zero-order valence-electron chi connectivity index (χ0n) is 19.9. The van der Waals surface area contributed by atoms with Crippen molar-refractivity contribution >= 4 is 50.5 Å². The SMILES string of the molecule is COc1cc2c(cc1Nc1ncc(Cl)c(Nc3ccccc3S(C)(=O)=O)n1)CCN(CC(N)=O)CC2. The first-order chi connectivity index (χ1) is 17.1. The molecule has 0 radical (unpaired) electrons. The normalized spacial score (nSPS) is 14.0. The van der Waals surface area contributed by atoms with Gasteiger partial charge >= 0.3 is 0 Å². The van der Waals surface area contributed by atoms with Crippen LogP contribution in [0.25, 0.3) is 0 Å². The van der Waals surface area contributed by atoms with Gasteiger partial charge in [0.25, 0.3) is 0 Å². The maximum absolute atomic E-state index is 12.2. The Hall–Kier alpha value is -3.41. The third-order valence-electron chi connectivity index (χ3n) is 5.83. The number of nitrogens with zero attached hydrogens (tertiary/aromatic N) is 3. The van der Waals surface area contributed by atoms with Crippen molar-refractivity contribution in [2.75, 3.05) is 43.6 Å². The summed E-state index contributed by atoms with van der Waals surface area (Å²) in [5.74, 6) is 0.777. The summed E-state index contributed by atoms with van der Waals surface area (Å²) in [6.45, 7) is 1.68. The van der Waals surface area contributed by atoms with Gasteiger partial charge in [0.1, 0.15) is 10.8 Å². The molecular weight excluding hydrogens is 504 g/mol. The number of halogens is 1. The number of primary amides is 1. The van der Waals surface area contributed by atoms with Crippen LogP contribution in [0.4, 0.5) is 23.1 Å². The van der Waals surface area contributed by atoms with Crippen molar-refractivity contribution in [1.82, 2.24) is 14.9 Å². The van der Waals surface area contributed by atoms with Gasteiger partial charge in [-0.2, -0.15) is 4.98 Å². The number of carbonyl (C=O) groups excluding carboxylic acids is 1. The van der Waals surface area contributed by atoms with E-state index in [1.807, 2.05) is 17.0 Å². The van der Waals surface area contributed by atoms with Crippen LogP contribution in [0.5, 0.6) is 5.75 Å². The van der Waals surface area contributed by atoms with E-state index in [1.165, 1.54) is 12.3 Å². The molecule has 4 rings (SSSR count). The average Bonchev–Trinajstić information content (AvgIpc) is 3.01. The van der Waals surface area contributed by atoms with Crippen LogP contribution in [-0.4, -0.2) is 62.2 Å². The molecule has 2 heterocycles. The number of methoxy groups -OCH3 is 1. The van der Waals surface area contributed by atoms with Crippen LogP contribution in [0.1, 0.15) is 11.1 Å². The van der Waals surface area contributed by atoms with E-state index in [0.717, 1.165) is 36.8 Å². The molecule has 1 aromatic heterocycles. The molecule has 36 heavy (non-hydrogen) atoms. The summed E-state index contributed by atoms with van der Waals surface area (Å²) < 4.78 is 29.9. The van der Waals surface area contributed by atoms with Crippen LogP contribution >= 0.6 is 11.6 Å². The van der Waals surface area contributed by atoms with Crippen LogP contribution in [0.2, 0.25) is 5.02 Å².